The van der Waals surface area contributed by atoms with Crippen LogP contribution in [0.15, 0.2) is 24.3 Å². The number of carbonyl (C=O) groups is 1. The Balaban J connectivity index is 2.84. The molecular weight excluding hydrogens is 236 g/mol. The normalized spacial score (nSPS) is 12.2. The van der Waals surface area contributed by atoms with Crippen LogP contribution in [-0.2, 0) is 4.79 Å². The van der Waals surface area contributed by atoms with E-state index in [0.717, 1.165) is 18.5 Å². The number of carbonyl (C=O) groups excluding carboxylic acids is 1. The monoisotopic (exact) mass is 262 g/mol. The van der Waals surface area contributed by atoms with Gasteiger partial charge >= 0.3 is 0 Å². The molecule has 106 valence electrons. The van der Waals surface area contributed by atoms with Gasteiger partial charge in [0.25, 0.3) is 0 Å². The first-order chi connectivity index (χ1) is 9.08. The lowest BCUT2D eigenvalue weighted by Gasteiger charge is -2.24. The predicted molar refractivity (Wildman–Crippen MR) is 81.3 cm³/mol. The Labute approximate surface area is 116 Å². The van der Waals surface area contributed by atoms with Crippen LogP contribution in [0.1, 0.15) is 38.7 Å². The van der Waals surface area contributed by atoms with Crippen molar-refractivity contribution in [2.45, 2.75) is 40.0 Å². The van der Waals surface area contributed by atoms with Crippen molar-refractivity contribution in [1.82, 2.24) is 0 Å². The van der Waals surface area contributed by atoms with Crippen LogP contribution in [0.2, 0.25) is 0 Å². The highest BCUT2D eigenvalue weighted by Crippen LogP contribution is 2.19. The van der Waals surface area contributed by atoms with Gasteiger partial charge in [0.2, 0.25) is 5.91 Å². The summed E-state index contributed by atoms with van der Waals surface area (Å²) in [4.78, 5) is 14.3. The van der Waals surface area contributed by atoms with Crippen LogP contribution in [0.4, 0.5) is 5.69 Å². The summed E-state index contributed by atoms with van der Waals surface area (Å²) >= 11 is 0. The van der Waals surface area contributed by atoms with E-state index in [4.69, 9.17) is 5.73 Å². The molecule has 1 amide bonds. The second-order valence-corrected chi connectivity index (χ2v) is 5.24. The molecule has 19 heavy (non-hydrogen) atoms. The van der Waals surface area contributed by atoms with E-state index in [9.17, 15) is 4.79 Å². The first kappa shape index (κ1) is 15.7. The predicted octanol–water partition coefficient (Wildman–Crippen LogP) is 3.11. The van der Waals surface area contributed by atoms with Crippen molar-refractivity contribution < 1.29 is 4.79 Å². The van der Waals surface area contributed by atoms with Crippen LogP contribution < -0.4 is 10.6 Å². The van der Waals surface area contributed by atoms with Crippen LogP contribution in [0.25, 0.3) is 0 Å². The molecule has 0 spiro atoms. The zero-order valence-corrected chi connectivity index (χ0v) is 12.4. The van der Waals surface area contributed by atoms with Crippen LogP contribution in [0.5, 0.6) is 0 Å². The van der Waals surface area contributed by atoms with Gasteiger partial charge in [-0.3, -0.25) is 4.79 Å². The van der Waals surface area contributed by atoms with Crippen LogP contribution in [-0.4, -0.2) is 19.0 Å². The molecule has 0 aliphatic heterocycles. The fraction of sp³-hybridized carbons (Fsp3) is 0.562. The third-order valence-corrected chi connectivity index (χ3v) is 3.42. The number of hydrogen-bond acceptors (Lipinski definition) is 2. The highest BCUT2D eigenvalue weighted by atomic mass is 16.2. The molecule has 3 nitrogen and oxygen atoms in total. The van der Waals surface area contributed by atoms with E-state index in [1.807, 2.05) is 30.0 Å². The molecular formula is C16H26N2O. The molecule has 1 rings (SSSR count). The smallest absolute Gasteiger partial charge is 0.227 e. The summed E-state index contributed by atoms with van der Waals surface area (Å²) < 4.78 is 0. The fourth-order valence-corrected chi connectivity index (χ4v) is 2.00. The third-order valence-electron chi connectivity index (χ3n) is 3.42. The molecule has 0 saturated carbocycles. The average Bonchev–Trinajstić information content (AvgIpc) is 2.39. The van der Waals surface area contributed by atoms with E-state index >= 15 is 0 Å². The number of nitrogens with two attached hydrogens (primary N) is 1. The Bertz CT molecular complexity index is 403. The minimum atomic E-state index is 0.202. The number of anilines is 1. The van der Waals surface area contributed by atoms with Gasteiger partial charge in [0, 0.05) is 18.7 Å². The minimum absolute atomic E-state index is 0.202. The average molecular weight is 262 g/mol. The number of benzene rings is 1. The summed E-state index contributed by atoms with van der Waals surface area (Å²) in [5.74, 6) is 0.631. The zero-order valence-electron chi connectivity index (χ0n) is 12.4. The van der Waals surface area contributed by atoms with E-state index in [2.05, 4.69) is 19.9 Å². The van der Waals surface area contributed by atoms with Gasteiger partial charge in [-0.25, -0.2) is 0 Å². The maximum absolute atomic E-state index is 12.4. The molecule has 2 N–H and O–H groups in total. The van der Waals surface area contributed by atoms with Crippen LogP contribution in [0.3, 0.4) is 0 Å². The summed E-state index contributed by atoms with van der Waals surface area (Å²) in [6.45, 7) is 7.60. The highest BCUT2D eigenvalue weighted by molar-refractivity contribution is 5.93. The molecule has 0 fully saturated rings. The maximum atomic E-state index is 12.4. The number of nitrogens with zero attached hydrogens (tertiary/aromatic N) is 1. The second kappa shape index (κ2) is 7.95. The lowest BCUT2D eigenvalue weighted by atomic mass is 10.0. The van der Waals surface area contributed by atoms with Crippen LogP contribution >= 0.6 is 0 Å². The molecule has 1 atom stereocenters. The molecule has 0 saturated heterocycles. The summed E-state index contributed by atoms with van der Waals surface area (Å²) in [6.07, 6.45) is 2.47. The minimum Gasteiger partial charge on any atom is -0.330 e. The van der Waals surface area contributed by atoms with E-state index in [1.54, 1.807) is 0 Å². The fourth-order valence-electron chi connectivity index (χ4n) is 2.00. The van der Waals surface area contributed by atoms with Gasteiger partial charge < -0.3 is 10.6 Å². The van der Waals surface area contributed by atoms with Crippen molar-refractivity contribution in [3.63, 3.8) is 0 Å². The van der Waals surface area contributed by atoms with Crippen molar-refractivity contribution in [1.29, 1.82) is 0 Å². The molecule has 0 aliphatic carbocycles. The molecule has 0 aromatic heterocycles. The van der Waals surface area contributed by atoms with Gasteiger partial charge in [0.05, 0.1) is 0 Å². The molecule has 0 radical (unpaired) electrons. The van der Waals surface area contributed by atoms with Gasteiger partial charge in [0.15, 0.2) is 0 Å². The Morgan fingerprint density at radius 3 is 2.74 bits per heavy atom. The lowest BCUT2D eigenvalue weighted by molar-refractivity contribution is -0.119. The van der Waals surface area contributed by atoms with Crippen molar-refractivity contribution in [2.75, 3.05) is 18.0 Å². The molecule has 0 aliphatic rings. The SMILES string of the molecule is CCC(C)CC(=O)N(CCCN)c1cccc(C)c1. The van der Waals surface area contributed by atoms with Gasteiger partial charge in [0.1, 0.15) is 0 Å². The molecule has 0 heterocycles. The van der Waals surface area contributed by atoms with Crippen molar-refractivity contribution in [3.05, 3.63) is 29.8 Å². The van der Waals surface area contributed by atoms with Gasteiger partial charge in [-0.05, 0) is 43.5 Å². The topological polar surface area (TPSA) is 46.3 Å². The third kappa shape index (κ3) is 5.03. The standard InChI is InChI=1S/C16H26N2O/c1-4-13(2)12-16(19)18(10-6-9-17)15-8-5-7-14(3)11-15/h5,7-8,11,13H,4,6,9-10,12,17H2,1-3H3. The summed E-state index contributed by atoms with van der Waals surface area (Å²) in [6, 6.07) is 8.10. The molecule has 1 aromatic rings. The summed E-state index contributed by atoms with van der Waals surface area (Å²) in [7, 11) is 0. The number of amides is 1. The van der Waals surface area contributed by atoms with E-state index < -0.39 is 0 Å². The Hall–Kier alpha value is -1.35. The van der Waals surface area contributed by atoms with Gasteiger partial charge in [-0.15, -0.1) is 0 Å². The van der Waals surface area contributed by atoms with Gasteiger partial charge in [-0.2, -0.15) is 0 Å². The maximum Gasteiger partial charge on any atom is 0.227 e. The quantitative estimate of drug-likeness (QED) is 0.820. The highest BCUT2D eigenvalue weighted by Gasteiger charge is 2.17. The van der Waals surface area contributed by atoms with Crippen molar-refractivity contribution in [2.24, 2.45) is 11.7 Å². The largest absolute Gasteiger partial charge is 0.330 e. The Kier molecular flexibility index (Phi) is 6.57. The second-order valence-electron chi connectivity index (χ2n) is 5.24. The molecule has 3 heteroatoms. The summed E-state index contributed by atoms with van der Waals surface area (Å²) in [5, 5.41) is 0. The van der Waals surface area contributed by atoms with Crippen LogP contribution in [0, 0.1) is 12.8 Å². The van der Waals surface area contributed by atoms with E-state index in [0.29, 0.717) is 25.4 Å². The summed E-state index contributed by atoms with van der Waals surface area (Å²) in [5.41, 5.74) is 7.73. The Morgan fingerprint density at radius 1 is 1.42 bits per heavy atom. The number of hydrogen-bond donors (Lipinski definition) is 1. The number of aryl methyl sites for hydroxylation is 1. The number of rotatable bonds is 7. The molecule has 0 bridgehead atoms. The lowest BCUT2D eigenvalue weighted by Crippen LogP contribution is -2.33. The van der Waals surface area contributed by atoms with E-state index in [1.165, 1.54) is 5.56 Å². The van der Waals surface area contributed by atoms with Crippen molar-refractivity contribution in [3.8, 4) is 0 Å². The molecule has 1 unspecified atom stereocenters. The van der Waals surface area contributed by atoms with Crippen molar-refractivity contribution >= 4 is 11.6 Å². The zero-order chi connectivity index (χ0) is 14.3. The first-order valence-electron chi connectivity index (χ1n) is 7.15. The van der Waals surface area contributed by atoms with E-state index in [-0.39, 0.29) is 5.91 Å². The first-order valence-corrected chi connectivity index (χ1v) is 7.15. The molecule has 1 aromatic carbocycles. The van der Waals surface area contributed by atoms with Gasteiger partial charge in [-0.1, -0.05) is 32.4 Å². The Morgan fingerprint density at radius 2 is 2.16 bits per heavy atom.